The Morgan fingerprint density at radius 3 is 2.44 bits per heavy atom. The molecule has 1 aliphatic carbocycles. The van der Waals surface area contributed by atoms with E-state index in [1.165, 1.54) is 6.20 Å². The molecule has 1 aromatic heterocycles. The van der Waals surface area contributed by atoms with Gasteiger partial charge in [-0.2, -0.15) is 13.2 Å². The van der Waals surface area contributed by atoms with Crippen molar-refractivity contribution in [3.05, 3.63) is 18.0 Å². The number of nitrogens with zero attached hydrogens (tertiary/aromatic N) is 1. The zero-order valence-corrected chi connectivity index (χ0v) is 10.1. The number of halogens is 3. The second-order valence-corrected chi connectivity index (χ2v) is 4.50. The number of alkyl halides is 3. The van der Waals surface area contributed by atoms with E-state index in [2.05, 4.69) is 4.98 Å². The van der Waals surface area contributed by atoms with Crippen LogP contribution in [-0.4, -0.2) is 17.2 Å². The lowest BCUT2D eigenvalue weighted by atomic mass is 10.2. The van der Waals surface area contributed by atoms with E-state index in [1.54, 1.807) is 13.8 Å². The quantitative estimate of drug-likeness (QED) is 0.832. The van der Waals surface area contributed by atoms with Gasteiger partial charge in [-0.3, -0.25) is 4.98 Å². The van der Waals surface area contributed by atoms with E-state index in [0.29, 0.717) is 0 Å². The van der Waals surface area contributed by atoms with Gasteiger partial charge in [0, 0.05) is 6.20 Å². The number of hydrogen-bond donors (Lipinski definition) is 0. The standard InChI is InChI=1S/C12H14F3NO2/c1-7(2)17-11-9(12(13,14)15)5-16-6-10(11)18-8-3-4-8/h5-8H,3-4H2,1-2H3. The van der Waals surface area contributed by atoms with Gasteiger partial charge in [0.2, 0.25) is 0 Å². The van der Waals surface area contributed by atoms with Crippen molar-refractivity contribution in [1.82, 2.24) is 4.98 Å². The smallest absolute Gasteiger partial charge is 0.421 e. The van der Waals surface area contributed by atoms with Crippen molar-refractivity contribution in [1.29, 1.82) is 0 Å². The molecular weight excluding hydrogens is 247 g/mol. The summed E-state index contributed by atoms with van der Waals surface area (Å²) in [5, 5.41) is 0. The first-order valence-electron chi connectivity index (χ1n) is 5.76. The number of hydrogen-bond acceptors (Lipinski definition) is 3. The van der Waals surface area contributed by atoms with Crippen molar-refractivity contribution < 1.29 is 22.6 Å². The summed E-state index contributed by atoms with van der Waals surface area (Å²) in [6, 6.07) is 0. The van der Waals surface area contributed by atoms with Gasteiger partial charge in [-0.1, -0.05) is 0 Å². The summed E-state index contributed by atoms with van der Waals surface area (Å²) < 4.78 is 49.2. The lowest BCUT2D eigenvalue weighted by molar-refractivity contribution is -0.139. The van der Waals surface area contributed by atoms with Crippen molar-refractivity contribution in [3.8, 4) is 11.5 Å². The number of ether oxygens (including phenoxy) is 2. The number of pyridine rings is 1. The molecule has 0 atom stereocenters. The van der Waals surface area contributed by atoms with Crippen molar-refractivity contribution in [2.24, 2.45) is 0 Å². The Kier molecular flexibility index (Phi) is 3.36. The van der Waals surface area contributed by atoms with E-state index >= 15 is 0 Å². The minimum Gasteiger partial charge on any atom is -0.486 e. The summed E-state index contributed by atoms with van der Waals surface area (Å²) in [4.78, 5) is 3.57. The summed E-state index contributed by atoms with van der Waals surface area (Å²) in [6.45, 7) is 3.34. The highest BCUT2D eigenvalue weighted by molar-refractivity contribution is 5.45. The molecule has 2 rings (SSSR count). The van der Waals surface area contributed by atoms with E-state index in [1.807, 2.05) is 0 Å². The Bertz CT molecular complexity index is 428. The molecule has 0 saturated heterocycles. The van der Waals surface area contributed by atoms with Crippen LogP contribution >= 0.6 is 0 Å². The molecule has 3 nitrogen and oxygen atoms in total. The van der Waals surface area contributed by atoms with Gasteiger partial charge in [0.15, 0.2) is 11.5 Å². The zero-order valence-electron chi connectivity index (χ0n) is 10.1. The van der Waals surface area contributed by atoms with Gasteiger partial charge in [0.05, 0.1) is 18.4 Å². The SMILES string of the molecule is CC(C)Oc1c(OC2CC2)cncc1C(F)(F)F. The Labute approximate surface area is 103 Å². The van der Waals surface area contributed by atoms with Gasteiger partial charge in [-0.15, -0.1) is 0 Å². The largest absolute Gasteiger partial charge is 0.486 e. The summed E-state index contributed by atoms with van der Waals surface area (Å²) in [7, 11) is 0. The monoisotopic (exact) mass is 261 g/mol. The highest BCUT2D eigenvalue weighted by Crippen LogP contribution is 2.42. The third-order valence-electron chi connectivity index (χ3n) is 2.34. The average molecular weight is 261 g/mol. The molecule has 0 spiro atoms. The summed E-state index contributed by atoms with van der Waals surface area (Å²) >= 11 is 0. The van der Waals surface area contributed by atoms with Gasteiger partial charge in [-0.25, -0.2) is 0 Å². The molecule has 0 aliphatic heterocycles. The van der Waals surface area contributed by atoms with Gasteiger partial charge in [0.25, 0.3) is 0 Å². The van der Waals surface area contributed by atoms with E-state index < -0.39 is 11.7 Å². The first-order chi connectivity index (χ1) is 8.38. The first-order valence-corrected chi connectivity index (χ1v) is 5.76. The molecule has 1 saturated carbocycles. The Balaban J connectivity index is 2.37. The highest BCUT2D eigenvalue weighted by Gasteiger charge is 2.37. The summed E-state index contributed by atoms with van der Waals surface area (Å²) in [6.07, 6.45) is -1.13. The topological polar surface area (TPSA) is 31.4 Å². The van der Waals surface area contributed by atoms with Crippen LogP contribution in [0.3, 0.4) is 0 Å². The van der Waals surface area contributed by atoms with E-state index in [4.69, 9.17) is 9.47 Å². The fraction of sp³-hybridized carbons (Fsp3) is 0.583. The fourth-order valence-corrected chi connectivity index (χ4v) is 1.44. The summed E-state index contributed by atoms with van der Waals surface area (Å²) in [5.41, 5.74) is -0.894. The van der Waals surface area contributed by atoms with Crippen LogP contribution in [-0.2, 0) is 6.18 Å². The lowest BCUT2D eigenvalue weighted by Gasteiger charge is -2.19. The van der Waals surface area contributed by atoms with Gasteiger partial charge in [-0.05, 0) is 26.7 Å². The molecule has 0 N–H and O–H groups in total. The third-order valence-corrected chi connectivity index (χ3v) is 2.34. The van der Waals surface area contributed by atoms with Gasteiger partial charge in [0.1, 0.15) is 5.56 Å². The molecule has 1 aliphatic rings. The Morgan fingerprint density at radius 1 is 1.28 bits per heavy atom. The van der Waals surface area contributed by atoms with Crippen molar-refractivity contribution in [2.45, 2.75) is 45.1 Å². The van der Waals surface area contributed by atoms with Crippen LogP contribution in [0.2, 0.25) is 0 Å². The molecule has 0 bridgehead atoms. The number of aromatic nitrogens is 1. The van der Waals surface area contributed by atoms with E-state index in [0.717, 1.165) is 19.0 Å². The fourth-order valence-electron chi connectivity index (χ4n) is 1.44. The van der Waals surface area contributed by atoms with Crippen LogP contribution in [0.15, 0.2) is 12.4 Å². The normalized spacial score (nSPS) is 15.9. The Hall–Kier alpha value is -1.46. The van der Waals surface area contributed by atoms with Gasteiger partial charge >= 0.3 is 6.18 Å². The highest BCUT2D eigenvalue weighted by atomic mass is 19.4. The molecule has 1 fully saturated rings. The van der Waals surface area contributed by atoms with Crippen LogP contribution in [0.25, 0.3) is 0 Å². The molecule has 0 amide bonds. The van der Waals surface area contributed by atoms with Crippen LogP contribution < -0.4 is 9.47 Å². The lowest BCUT2D eigenvalue weighted by Crippen LogP contribution is -2.15. The molecule has 1 aromatic rings. The first kappa shape index (κ1) is 13.0. The van der Waals surface area contributed by atoms with Crippen LogP contribution in [0.4, 0.5) is 13.2 Å². The minimum absolute atomic E-state index is 0.00945. The van der Waals surface area contributed by atoms with Crippen LogP contribution in [0.1, 0.15) is 32.3 Å². The maximum absolute atomic E-state index is 12.9. The Morgan fingerprint density at radius 2 is 1.94 bits per heavy atom. The molecule has 0 radical (unpaired) electrons. The van der Waals surface area contributed by atoms with Crippen molar-refractivity contribution in [3.63, 3.8) is 0 Å². The van der Waals surface area contributed by atoms with Crippen molar-refractivity contribution in [2.75, 3.05) is 0 Å². The average Bonchev–Trinajstić information content (AvgIpc) is 3.02. The molecule has 100 valence electrons. The molecule has 6 heteroatoms. The molecule has 0 unspecified atom stereocenters. The second kappa shape index (κ2) is 4.66. The third kappa shape index (κ3) is 3.05. The maximum atomic E-state index is 12.9. The van der Waals surface area contributed by atoms with Crippen LogP contribution in [0, 0.1) is 0 Å². The second-order valence-electron chi connectivity index (χ2n) is 4.50. The predicted molar refractivity (Wildman–Crippen MR) is 58.7 cm³/mol. The minimum atomic E-state index is -4.50. The van der Waals surface area contributed by atoms with Crippen LogP contribution in [0.5, 0.6) is 11.5 Å². The van der Waals surface area contributed by atoms with E-state index in [-0.39, 0.29) is 23.7 Å². The summed E-state index contributed by atoms with van der Waals surface area (Å²) in [5.74, 6) is -0.194. The molecular formula is C12H14F3NO2. The van der Waals surface area contributed by atoms with Gasteiger partial charge < -0.3 is 9.47 Å². The molecule has 18 heavy (non-hydrogen) atoms. The molecule has 0 aromatic carbocycles. The maximum Gasteiger partial charge on any atom is 0.421 e. The number of rotatable bonds is 4. The molecule has 1 heterocycles. The van der Waals surface area contributed by atoms with E-state index in [9.17, 15) is 13.2 Å². The predicted octanol–water partition coefficient (Wildman–Crippen LogP) is 3.43. The van der Waals surface area contributed by atoms with Crippen molar-refractivity contribution >= 4 is 0 Å². The zero-order chi connectivity index (χ0) is 13.3.